The van der Waals surface area contributed by atoms with Crippen LogP contribution in [-0.4, -0.2) is 38.3 Å². The van der Waals surface area contributed by atoms with Gasteiger partial charge in [0.2, 0.25) is 25.6 Å². The molecule has 2 heterocycles. The molecule has 0 aliphatic carbocycles. The largest absolute Gasteiger partial charge is 0.345 e. The fraction of sp³-hybridized carbons (Fsp3) is 0.167. The SMILES string of the molecule is CCCS(=O)(=O)Nc1ccc(F)c(C(=O)c2c[nH]c3ncc(S(=O)(=O)c4ccc(C)cc4)cc23)c1F. The average Bonchev–Trinajstić information content (AvgIpc) is 3.24. The number of hydrogen-bond acceptors (Lipinski definition) is 6. The van der Waals surface area contributed by atoms with Crippen molar-refractivity contribution in [2.45, 2.75) is 30.1 Å². The lowest BCUT2D eigenvalue weighted by molar-refractivity contribution is 0.103. The van der Waals surface area contributed by atoms with Gasteiger partial charge < -0.3 is 4.98 Å². The summed E-state index contributed by atoms with van der Waals surface area (Å²) in [6.45, 7) is 3.43. The van der Waals surface area contributed by atoms with Gasteiger partial charge in [-0.15, -0.1) is 0 Å². The summed E-state index contributed by atoms with van der Waals surface area (Å²) < 4.78 is 82.1. The minimum Gasteiger partial charge on any atom is -0.345 e. The minimum absolute atomic E-state index is 0.0156. The van der Waals surface area contributed by atoms with Gasteiger partial charge in [-0.1, -0.05) is 24.6 Å². The molecule has 0 saturated carbocycles. The Hall–Kier alpha value is -3.64. The summed E-state index contributed by atoms with van der Waals surface area (Å²) in [5.74, 6) is -3.99. The van der Waals surface area contributed by atoms with Gasteiger partial charge in [-0.3, -0.25) is 9.52 Å². The highest BCUT2D eigenvalue weighted by Crippen LogP contribution is 2.29. The van der Waals surface area contributed by atoms with Crippen LogP contribution in [0.15, 0.2) is 64.6 Å². The number of carbonyl (C=O) groups is 1. The van der Waals surface area contributed by atoms with E-state index in [9.17, 15) is 26.0 Å². The summed E-state index contributed by atoms with van der Waals surface area (Å²) in [7, 11) is -7.90. The maximum Gasteiger partial charge on any atom is 0.232 e. The highest BCUT2D eigenvalue weighted by Gasteiger charge is 2.27. The molecule has 12 heteroatoms. The van der Waals surface area contributed by atoms with Gasteiger partial charge in [0, 0.05) is 23.3 Å². The number of aromatic amines is 1. The zero-order chi connectivity index (χ0) is 26.3. The standard InChI is InChI=1S/C24H21F2N3O5S2/c1-3-10-35(31,32)29-20-9-8-19(25)21(22(20)26)23(30)18-13-28-24-17(18)11-16(12-27-24)36(33,34)15-6-4-14(2)5-7-15/h4-9,11-13,29H,3,10H2,1-2H3,(H,27,28). The Morgan fingerprint density at radius 1 is 1.03 bits per heavy atom. The van der Waals surface area contributed by atoms with Crippen LogP contribution in [0.2, 0.25) is 0 Å². The second kappa shape index (κ2) is 9.43. The number of carbonyl (C=O) groups excluding carboxylic acids is 1. The fourth-order valence-electron chi connectivity index (χ4n) is 3.63. The number of halogens is 2. The van der Waals surface area contributed by atoms with Crippen molar-refractivity contribution < 1.29 is 30.4 Å². The fourth-order valence-corrected chi connectivity index (χ4v) is 6.00. The predicted octanol–water partition coefficient (Wildman–Crippen LogP) is 4.37. The maximum absolute atomic E-state index is 15.2. The first-order valence-electron chi connectivity index (χ1n) is 10.8. The lowest BCUT2D eigenvalue weighted by Crippen LogP contribution is -2.18. The number of nitrogens with one attached hydrogen (secondary N) is 2. The number of sulfone groups is 1. The van der Waals surface area contributed by atoms with E-state index in [1.54, 1.807) is 19.1 Å². The van der Waals surface area contributed by atoms with Crippen LogP contribution in [0.1, 0.15) is 34.8 Å². The van der Waals surface area contributed by atoms with Crippen LogP contribution in [0.5, 0.6) is 0 Å². The number of pyridine rings is 1. The monoisotopic (exact) mass is 533 g/mol. The number of nitrogens with zero attached hydrogens (tertiary/aromatic N) is 1. The van der Waals surface area contributed by atoms with Crippen molar-refractivity contribution in [2.24, 2.45) is 0 Å². The van der Waals surface area contributed by atoms with Crippen LogP contribution in [0.25, 0.3) is 11.0 Å². The van der Waals surface area contributed by atoms with Gasteiger partial charge in [0.1, 0.15) is 11.5 Å². The van der Waals surface area contributed by atoms with Crippen molar-refractivity contribution in [1.29, 1.82) is 0 Å². The number of hydrogen-bond donors (Lipinski definition) is 2. The molecule has 0 atom stereocenters. The molecule has 0 spiro atoms. The Morgan fingerprint density at radius 3 is 2.39 bits per heavy atom. The third-order valence-corrected chi connectivity index (χ3v) is 8.66. The van der Waals surface area contributed by atoms with E-state index >= 15 is 4.39 Å². The molecule has 2 aromatic heterocycles. The highest BCUT2D eigenvalue weighted by atomic mass is 32.2. The van der Waals surface area contributed by atoms with Crippen molar-refractivity contribution in [3.63, 3.8) is 0 Å². The lowest BCUT2D eigenvalue weighted by Gasteiger charge is -2.11. The van der Waals surface area contributed by atoms with Gasteiger partial charge in [0.15, 0.2) is 5.82 Å². The predicted molar refractivity (Wildman–Crippen MR) is 130 cm³/mol. The molecule has 0 radical (unpaired) electrons. The van der Waals surface area contributed by atoms with Gasteiger partial charge >= 0.3 is 0 Å². The van der Waals surface area contributed by atoms with E-state index in [1.807, 2.05) is 11.6 Å². The molecule has 0 amide bonds. The van der Waals surface area contributed by atoms with Crippen LogP contribution in [0.4, 0.5) is 14.5 Å². The Morgan fingerprint density at radius 2 is 1.72 bits per heavy atom. The molecule has 0 saturated heterocycles. The Kier molecular flexibility index (Phi) is 6.67. The van der Waals surface area contributed by atoms with Crippen LogP contribution >= 0.6 is 0 Å². The van der Waals surface area contributed by atoms with E-state index in [-0.39, 0.29) is 38.6 Å². The number of rotatable bonds is 8. The summed E-state index contributed by atoms with van der Waals surface area (Å²) in [6.07, 6.45) is 2.54. The lowest BCUT2D eigenvalue weighted by atomic mass is 10.0. The molecular weight excluding hydrogens is 512 g/mol. The Labute approximate surface area is 206 Å². The average molecular weight is 534 g/mol. The number of anilines is 1. The normalized spacial score (nSPS) is 12.1. The van der Waals surface area contributed by atoms with E-state index in [4.69, 9.17) is 0 Å². The van der Waals surface area contributed by atoms with E-state index in [1.165, 1.54) is 18.2 Å². The number of H-pyrrole nitrogens is 1. The third kappa shape index (κ3) is 4.73. The number of sulfonamides is 1. The molecule has 36 heavy (non-hydrogen) atoms. The van der Waals surface area contributed by atoms with Crippen LogP contribution in [0, 0.1) is 18.6 Å². The van der Waals surface area contributed by atoms with Crippen molar-refractivity contribution in [3.8, 4) is 0 Å². The number of aryl methyl sites for hydroxylation is 1. The molecule has 8 nitrogen and oxygen atoms in total. The summed E-state index contributed by atoms with van der Waals surface area (Å²) in [6, 6.07) is 9.01. The van der Waals surface area contributed by atoms with Gasteiger partial charge in [-0.25, -0.2) is 30.6 Å². The molecule has 0 unspecified atom stereocenters. The van der Waals surface area contributed by atoms with Crippen molar-refractivity contribution in [1.82, 2.24) is 9.97 Å². The smallest absolute Gasteiger partial charge is 0.232 e. The van der Waals surface area contributed by atoms with E-state index in [2.05, 4.69) is 9.97 Å². The zero-order valence-corrected chi connectivity index (χ0v) is 20.8. The minimum atomic E-state index is -3.99. The quantitative estimate of drug-likeness (QED) is 0.324. The summed E-state index contributed by atoms with van der Waals surface area (Å²) in [5.41, 5.74) is -0.802. The number of ketones is 1. The summed E-state index contributed by atoms with van der Waals surface area (Å²) in [4.78, 5) is 19.8. The molecule has 2 N–H and O–H groups in total. The van der Waals surface area contributed by atoms with Crippen LogP contribution in [-0.2, 0) is 19.9 Å². The Balaban J connectivity index is 1.79. The van der Waals surface area contributed by atoms with E-state index in [0.29, 0.717) is 0 Å². The van der Waals surface area contributed by atoms with Crippen LogP contribution < -0.4 is 4.72 Å². The molecule has 0 fully saturated rings. The second-order valence-corrected chi connectivity index (χ2v) is 11.9. The van der Waals surface area contributed by atoms with E-state index < -0.39 is 48.5 Å². The highest BCUT2D eigenvalue weighted by molar-refractivity contribution is 7.92. The summed E-state index contributed by atoms with van der Waals surface area (Å²) >= 11 is 0. The first-order valence-corrected chi connectivity index (χ1v) is 13.9. The number of aromatic nitrogens is 2. The maximum atomic E-state index is 15.2. The first-order chi connectivity index (χ1) is 16.9. The Bertz CT molecular complexity index is 1700. The van der Waals surface area contributed by atoms with E-state index in [0.717, 1.165) is 30.1 Å². The first kappa shape index (κ1) is 25.5. The molecule has 188 valence electrons. The van der Waals surface area contributed by atoms with Gasteiger partial charge in [0.05, 0.1) is 26.8 Å². The molecular formula is C24H21F2N3O5S2. The van der Waals surface area contributed by atoms with Gasteiger partial charge in [0.25, 0.3) is 0 Å². The molecule has 4 rings (SSSR count). The zero-order valence-electron chi connectivity index (χ0n) is 19.2. The number of benzene rings is 2. The number of fused-ring (bicyclic) bond motifs is 1. The van der Waals surface area contributed by atoms with Crippen LogP contribution in [0.3, 0.4) is 0 Å². The summed E-state index contributed by atoms with van der Waals surface area (Å²) in [5, 5.41) is 0.0314. The topological polar surface area (TPSA) is 126 Å². The van der Waals surface area contributed by atoms with Gasteiger partial charge in [-0.2, -0.15) is 0 Å². The molecule has 0 aliphatic heterocycles. The van der Waals surface area contributed by atoms with Crippen molar-refractivity contribution in [3.05, 3.63) is 83.2 Å². The molecule has 4 aromatic rings. The van der Waals surface area contributed by atoms with Crippen molar-refractivity contribution in [2.75, 3.05) is 10.5 Å². The van der Waals surface area contributed by atoms with Crippen molar-refractivity contribution >= 4 is 42.4 Å². The molecule has 2 aromatic carbocycles. The molecule has 0 aliphatic rings. The molecule has 0 bridgehead atoms. The third-order valence-electron chi connectivity index (χ3n) is 5.45. The second-order valence-electron chi connectivity index (χ2n) is 8.12. The van der Waals surface area contributed by atoms with Gasteiger partial charge in [-0.05, 0) is 43.7 Å².